The van der Waals surface area contributed by atoms with Gasteiger partial charge in [-0.25, -0.2) is 4.98 Å². The van der Waals surface area contributed by atoms with Crippen LogP contribution in [-0.2, 0) is 0 Å². The second-order valence-electron chi connectivity index (χ2n) is 5.82. The number of aromatic nitrogens is 4. The molecule has 0 bridgehead atoms. The molecule has 8 heteroatoms. The lowest BCUT2D eigenvalue weighted by Crippen LogP contribution is -2.44. The van der Waals surface area contributed by atoms with Gasteiger partial charge in [-0.15, -0.1) is 0 Å². The van der Waals surface area contributed by atoms with Gasteiger partial charge in [-0.3, -0.25) is 14.9 Å². The molecule has 0 radical (unpaired) electrons. The summed E-state index contributed by atoms with van der Waals surface area (Å²) in [7, 11) is 0. The summed E-state index contributed by atoms with van der Waals surface area (Å²) in [5, 5.41) is 6.96. The molecule has 0 aromatic carbocycles. The van der Waals surface area contributed by atoms with E-state index in [-0.39, 0.29) is 12.0 Å². The van der Waals surface area contributed by atoms with Crippen molar-refractivity contribution in [3.8, 4) is 17.3 Å². The number of carbonyl (C=O) groups excluding carboxylic acids is 1. The Morgan fingerprint density at radius 1 is 1.40 bits per heavy atom. The van der Waals surface area contributed by atoms with E-state index in [0.717, 1.165) is 12.8 Å². The third-order valence-corrected chi connectivity index (χ3v) is 4.08. The van der Waals surface area contributed by atoms with Crippen LogP contribution >= 0.6 is 0 Å². The van der Waals surface area contributed by atoms with E-state index in [4.69, 9.17) is 9.15 Å². The van der Waals surface area contributed by atoms with Gasteiger partial charge < -0.3 is 14.1 Å². The fourth-order valence-electron chi connectivity index (χ4n) is 2.89. The van der Waals surface area contributed by atoms with Crippen molar-refractivity contribution in [2.45, 2.75) is 18.9 Å². The number of carbonyl (C=O) groups is 1. The first-order chi connectivity index (χ1) is 12.3. The zero-order valence-electron chi connectivity index (χ0n) is 13.5. The van der Waals surface area contributed by atoms with Crippen molar-refractivity contribution in [1.82, 2.24) is 25.1 Å². The third kappa shape index (κ3) is 3.37. The molecule has 25 heavy (non-hydrogen) atoms. The summed E-state index contributed by atoms with van der Waals surface area (Å²) in [6, 6.07) is 5.30. The van der Waals surface area contributed by atoms with Gasteiger partial charge in [-0.05, 0) is 25.0 Å². The molecule has 3 aromatic heterocycles. The highest BCUT2D eigenvalue weighted by Crippen LogP contribution is 2.21. The number of rotatable bonds is 4. The standard InChI is InChI=1S/C17H17N5O3/c23-17(14-9-13(20-21-14)15-4-2-8-24-15)22-7-1-3-12(11-22)25-16-10-18-5-6-19-16/h2,4-6,8-10,12H,1,3,7,11H2,(H,20,21). The van der Waals surface area contributed by atoms with Crippen molar-refractivity contribution in [1.29, 1.82) is 0 Å². The van der Waals surface area contributed by atoms with Crippen LogP contribution in [0, 0.1) is 0 Å². The van der Waals surface area contributed by atoms with Crippen LogP contribution in [0.25, 0.3) is 11.5 Å². The smallest absolute Gasteiger partial charge is 0.274 e. The SMILES string of the molecule is O=C(c1cc(-c2ccco2)[nH]n1)N1CCCC(Oc2cnccn2)C1. The van der Waals surface area contributed by atoms with Crippen LogP contribution in [0.2, 0.25) is 0 Å². The fraction of sp³-hybridized carbons (Fsp3) is 0.294. The number of likely N-dealkylation sites (tertiary alicyclic amines) is 1. The number of hydrogen-bond acceptors (Lipinski definition) is 6. The zero-order chi connectivity index (χ0) is 17.1. The number of ether oxygens (including phenoxy) is 1. The molecule has 1 aliphatic rings. The summed E-state index contributed by atoms with van der Waals surface area (Å²) in [6.07, 6.45) is 7.97. The molecule has 1 N–H and O–H groups in total. The summed E-state index contributed by atoms with van der Waals surface area (Å²) in [5.74, 6) is 0.997. The maximum absolute atomic E-state index is 12.7. The zero-order valence-corrected chi connectivity index (χ0v) is 13.5. The maximum atomic E-state index is 12.7. The van der Waals surface area contributed by atoms with Crippen molar-refractivity contribution in [3.05, 3.63) is 48.7 Å². The molecular formula is C17H17N5O3. The van der Waals surface area contributed by atoms with Crippen LogP contribution in [-0.4, -0.2) is 50.2 Å². The van der Waals surface area contributed by atoms with E-state index >= 15 is 0 Å². The van der Waals surface area contributed by atoms with E-state index in [9.17, 15) is 4.79 Å². The summed E-state index contributed by atoms with van der Waals surface area (Å²) in [4.78, 5) is 22.6. The van der Waals surface area contributed by atoms with Crippen LogP contribution in [0.4, 0.5) is 0 Å². The second kappa shape index (κ2) is 6.76. The molecule has 128 valence electrons. The van der Waals surface area contributed by atoms with E-state index in [0.29, 0.717) is 36.1 Å². The summed E-state index contributed by atoms with van der Waals surface area (Å²) < 4.78 is 11.1. The Morgan fingerprint density at radius 2 is 2.36 bits per heavy atom. The quantitative estimate of drug-likeness (QED) is 0.782. The highest BCUT2D eigenvalue weighted by molar-refractivity contribution is 5.93. The van der Waals surface area contributed by atoms with Gasteiger partial charge in [0.05, 0.1) is 19.0 Å². The van der Waals surface area contributed by atoms with E-state index in [1.165, 1.54) is 0 Å². The Balaban J connectivity index is 1.43. The van der Waals surface area contributed by atoms with Crippen molar-refractivity contribution in [2.75, 3.05) is 13.1 Å². The molecule has 8 nitrogen and oxygen atoms in total. The lowest BCUT2D eigenvalue weighted by molar-refractivity contribution is 0.0521. The first kappa shape index (κ1) is 15.4. The predicted molar refractivity (Wildman–Crippen MR) is 87.9 cm³/mol. The number of aromatic amines is 1. The van der Waals surface area contributed by atoms with Gasteiger partial charge in [0.25, 0.3) is 5.91 Å². The van der Waals surface area contributed by atoms with Crippen molar-refractivity contribution in [2.24, 2.45) is 0 Å². The average molecular weight is 339 g/mol. The number of amides is 1. The normalized spacial score (nSPS) is 17.4. The molecule has 4 rings (SSSR count). The molecule has 1 unspecified atom stereocenters. The van der Waals surface area contributed by atoms with Crippen LogP contribution in [0.3, 0.4) is 0 Å². The average Bonchev–Trinajstić information content (AvgIpc) is 3.34. The number of furan rings is 1. The molecular weight excluding hydrogens is 322 g/mol. The van der Waals surface area contributed by atoms with E-state index in [1.54, 1.807) is 41.9 Å². The molecule has 0 spiro atoms. The van der Waals surface area contributed by atoms with Gasteiger partial charge in [-0.1, -0.05) is 0 Å². The summed E-state index contributed by atoms with van der Waals surface area (Å²) in [5.41, 5.74) is 1.05. The summed E-state index contributed by atoms with van der Waals surface area (Å²) in [6.45, 7) is 1.18. The molecule has 1 saturated heterocycles. The van der Waals surface area contributed by atoms with Crippen molar-refractivity contribution in [3.63, 3.8) is 0 Å². The second-order valence-corrected chi connectivity index (χ2v) is 5.82. The number of nitrogens with zero attached hydrogens (tertiary/aromatic N) is 4. The number of hydrogen-bond donors (Lipinski definition) is 1. The monoisotopic (exact) mass is 339 g/mol. The Kier molecular flexibility index (Phi) is 4.16. The molecule has 1 aliphatic heterocycles. The highest BCUT2D eigenvalue weighted by atomic mass is 16.5. The van der Waals surface area contributed by atoms with E-state index < -0.39 is 0 Å². The van der Waals surface area contributed by atoms with Crippen LogP contribution in [0.1, 0.15) is 23.3 Å². The number of H-pyrrole nitrogens is 1. The van der Waals surface area contributed by atoms with Gasteiger partial charge in [-0.2, -0.15) is 5.10 Å². The first-order valence-corrected chi connectivity index (χ1v) is 8.11. The predicted octanol–water partition coefficient (Wildman–Crippen LogP) is 2.14. The lowest BCUT2D eigenvalue weighted by Gasteiger charge is -2.32. The van der Waals surface area contributed by atoms with Crippen molar-refractivity contribution < 1.29 is 13.9 Å². The Hall–Kier alpha value is -3.16. The minimum atomic E-state index is -0.124. The largest absolute Gasteiger partial charge is 0.471 e. The summed E-state index contributed by atoms with van der Waals surface area (Å²) >= 11 is 0. The van der Waals surface area contributed by atoms with Crippen molar-refractivity contribution >= 4 is 5.91 Å². The van der Waals surface area contributed by atoms with Gasteiger partial charge in [0, 0.05) is 25.0 Å². The van der Waals surface area contributed by atoms with E-state index in [1.807, 2.05) is 6.07 Å². The molecule has 0 aliphatic carbocycles. The van der Waals surface area contributed by atoms with Crippen LogP contribution in [0.5, 0.6) is 5.88 Å². The van der Waals surface area contributed by atoms with Gasteiger partial charge >= 0.3 is 0 Å². The van der Waals surface area contributed by atoms with Gasteiger partial charge in [0.1, 0.15) is 11.8 Å². The Labute approximate surface area is 143 Å². The van der Waals surface area contributed by atoms with E-state index in [2.05, 4.69) is 20.2 Å². The van der Waals surface area contributed by atoms with Crippen LogP contribution < -0.4 is 4.74 Å². The molecule has 3 aromatic rings. The molecule has 4 heterocycles. The van der Waals surface area contributed by atoms with Gasteiger partial charge in [0.15, 0.2) is 11.5 Å². The number of piperidine rings is 1. The van der Waals surface area contributed by atoms with Crippen LogP contribution in [0.15, 0.2) is 47.5 Å². The molecule has 1 amide bonds. The third-order valence-electron chi connectivity index (χ3n) is 4.08. The maximum Gasteiger partial charge on any atom is 0.274 e. The lowest BCUT2D eigenvalue weighted by atomic mass is 10.1. The first-order valence-electron chi connectivity index (χ1n) is 8.11. The number of nitrogens with one attached hydrogen (secondary N) is 1. The Morgan fingerprint density at radius 3 is 3.16 bits per heavy atom. The minimum absolute atomic E-state index is 0.0992. The highest BCUT2D eigenvalue weighted by Gasteiger charge is 2.27. The molecule has 1 atom stereocenters. The van der Waals surface area contributed by atoms with Gasteiger partial charge in [0.2, 0.25) is 5.88 Å². The molecule has 1 fully saturated rings. The fourth-order valence-corrected chi connectivity index (χ4v) is 2.89. The Bertz CT molecular complexity index is 831. The minimum Gasteiger partial charge on any atom is -0.471 e. The molecule has 0 saturated carbocycles. The topological polar surface area (TPSA) is 97.1 Å².